The molecule has 18 heavy (non-hydrogen) atoms. The van der Waals surface area contributed by atoms with Crippen molar-refractivity contribution in [1.82, 2.24) is 9.55 Å². The zero-order valence-electron chi connectivity index (χ0n) is 11.2. The Morgan fingerprint density at radius 3 is 2.94 bits per heavy atom. The number of imidazole rings is 1. The second-order valence-electron chi connectivity index (χ2n) is 5.09. The van der Waals surface area contributed by atoms with Crippen LogP contribution < -0.4 is 0 Å². The Hall–Kier alpha value is -0.480. The highest BCUT2D eigenvalue weighted by atomic mass is 32.2. The van der Waals surface area contributed by atoms with Gasteiger partial charge in [-0.05, 0) is 19.3 Å². The molecule has 1 N–H and O–H groups in total. The Kier molecular flexibility index (Phi) is 5.57. The van der Waals surface area contributed by atoms with Crippen molar-refractivity contribution in [2.75, 3.05) is 5.75 Å². The number of hydrogen-bond acceptors (Lipinski definition) is 3. The smallest absolute Gasteiger partial charge is 0.138 e. The van der Waals surface area contributed by atoms with Crippen molar-refractivity contribution in [2.24, 2.45) is 0 Å². The van der Waals surface area contributed by atoms with E-state index in [1.807, 2.05) is 18.0 Å². The van der Waals surface area contributed by atoms with Crippen LogP contribution in [0.25, 0.3) is 0 Å². The summed E-state index contributed by atoms with van der Waals surface area (Å²) in [5.74, 6) is 1.62. The van der Waals surface area contributed by atoms with Crippen LogP contribution in [0.1, 0.15) is 57.4 Å². The molecule has 0 saturated heterocycles. The third kappa shape index (κ3) is 3.75. The highest BCUT2D eigenvalue weighted by Gasteiger charge is 2.18. The van der Waals surface area contributed by atoms with E-state index in [9.17, 15) is 5.11 Å². The second-order valence-corrected chi connectivity index (χ2v) is 6.42. The fraction of sp³-hybridized carbons (Fsp3) is 0.786. The summed E-state index contributed by atoms with van der Waals surface area (Å²) in [5.41, 5.74) is 0. The first-order valence-corrected chi connectivity index (χ1v) is 8.17. The number of aliphatic hydroxyl groups excluding tert-OH is 1. The number of nitrogens with zero attached hydrogens (tertiary/aromatic N) is 2. The van der Waals surface area contributed by atoms with Crippen molar-refractivity contribution >= 4 is 11.8 Å². The molecule has 0 aliphatic heterocycles. The van der Waals surface area contributed by atoms with E-state index >= 15 is 0 Å². The average molecular weight is 268 g/mol. The van der Waals surface area contributed by atoms with Crippen molar-refractivity contribution < 1.29 is 5.11 Å². The summed E-state index contributed by atoms with van der Waals surface area (Å²) in [5, 5.41) is 11.0. The Labute approximate surface area is 114 Å². The molecule has 1 atom stereocenters. The summed E-state index contributed by atoms with van der Waals surface area (Å²) in [6.45, 7) is 3.09. The van der Waals surface area contributed by atoms with Gasteiger partial charge in [-0.1, -0.05) is 26.2 Å². The lowest BCUT2D eigenvalue weighted by molar-refractivity contribution is 0.188. The van der Waals surface area contributed by atoms with Crippen LogP contribution in [0.4, 0.5) is 0 Å². The van der Waals surface area contributed by atoms with Gasteiger partial charge in [0.2, 0.25) is 0 Å². The fourth-order valence-corrected chi connectivity index (χ4v) is 3.85. The normalized spacial score (nSPS) is 19.0. The van der Waals surface area contributed by atoms with E-state index in [1.165, 1.54) is 32.1 Å². The molecule has 0 radical (unpaired) electrons. The number of aromatic nitrogens is 2. The lowest BCUT2D eigenvalue weighted by atomic mass is 10.0. The Bertz CT molecular complexity index is 347. The SMILES string of the molecule is CCCn1ccnc1C(O)CSC1CCCCC1. The van der Waals surface area contributed by atoms with Crippen molar-refractivity contribution in [2.45, 2.75) is 63.3 Å². The van der Waals surface area contributed by atoms with Crippen LogP contribution >= 0.6 is 11.8 Å². The summed E-state index contributed by atoms with van der Waals surface area (Å²) in [6, 6.07) is 0. The van der Waals surface area contributed by atoms with Crippen molar-refractivity contribution in [3.8, 4) is 0 Å². The van der Waals surface area contributed by atoms with Crippen LogP contribution in [0, 0.1) is 0 Å². The number of aryl methyl sites for hydroxylation is 1. The second kappa shape index (κ2) is 7.19. The van der Waals surface area contributed by atoms with E-state index in [1.54, 1.807) is 6.20 Å². The molecule has 1 aliphatic rings. The lowest BCUT2D eigenvalue weighted by Crippen LogP contribution is -2.14. The van der Waals surface area contributed by atoms with Crippen LogP contribution in [-0.2, 0) is 6.54 Å². The van der Waals surface area contributed by atoms with Gasteiger partial charge in [-0.2, -0.15) is 11.8 Å². The molecule has 1 unspecified atom stereocenters. The molecule has 4 heteroatoms. The number of hydrogen-bond donors (Lipinski definition) is 1. The minimum atomic E-state index is -0.418. The van der Waals surface area contributed by atoms with E-state index in [0.717, 1.165) is 29.8 Å². The molecule has 0 aromatic carbocycles. The monoisotopic (exact) mass is 268 g/mol. The maximum Gasteiger partial charge on any atom is 0.138 e. The predicted molar refractivity (Wildman–Crippen MR) is 76.8 cm³/mol. The molecule has 3 nitrogen and oxygen atoms in total. The summed E-state index contributed by atoms with van der Waals surface area (Å²) in [6.07, 6.45) is 11.2. The first-order chi connectivity index (χ1) is 8.81. The molecule has 1 fully saturated rings. The van der Waals surface area contributed by atoms with Gasteiger partial charge in [0.15, 0.2) is 0 Å². The van der Waals surface area contributed by atoms with Gasteiger partial charge in [0.25, 0.3) is 0 Å². The first kappa shape index (κ1) is 13.9. The third-order valence-electron chi connectivity index (χ3n) is 3.55. The molecule has 0 amide bonds. The van der Waals surface area contributed by atoms with Crippen LogP contribution in [0.15, 0.2) is 12.4 Å². The maximum absolute atomic E-state index is 10.2. The van der Waals surface area contributed by atoms with Gasteiger partial charge < -0.3 is 9.67 Å². The molecule has 1 saturated carbocycles. The summed E-state index contributed by atoms with van der Waals surface area (Å²) in [4.78, 5) is 4.30. The molecule has 1 aliphatic carbocycles. The summed E-state index contributed by atoms with van der Waals surface area (Å²) >= 11 is 1.93. The zero-order chi connectivity index (χ0) is 12.8. The van der Waals surface area contributed by atoms with Crippen LogP contribution in [-0.4, -0.2) is 25.7 Å². The molecule has 0 spiro atoms. The number of thioether (sulfide) groups is 1. The molecule has 1 aromatic heterocycles. The van der Waals surface area contributed by atoms with Gasteiger partial charge in [-0.3, -0.25) is 0 Å². The molecule has 1 heterocycles. The highest BCUT2D eigenvalue weighted by Crippen LogP contribution is 2.30. The topological polar surface area (TPSA) is 38.0 Å². The highest BCUT2D eigenvalue weighted by molar-refractivity contribution is 7.99. The summed E-state index contributed by atoms with van der Waals surface area (Å²) in [7, 11) is 0. The first-order valence-electron chi connectivity index (χ1n) is 7.12. The van der Waals surface area contributed by atoms with Crippen LogP contribution in [0.5, 0.6) is 0 Å². The van der Waals surface area contributed by atoms with Gasteiger partial charge in [0.1, 0.15) is 11.9 Å². The van der Waals surface area contributed by atoms with Gasteiger partial charge in [-0.15, -0.1) is 0 Å². The molecule has 102 valence electrons. The average Bonchev–Trinajstić information content (AvgIpc) is 2.86. The molecule has 2 rings (SSSR count). The van der Waals surface area contributed by atoms with Gasteiger partial charge in [0.05, 0.1) is 0 Å². The lowest BCUT2D eigenvalue weighted by Gasteiger charge is -2.22. The Balaban J connectivity index is 1.82. The minimum Gasteiger partial charge on any atom is -0.384 e. The standard InChI is InChI=1S/C14H24N2OS/c1-2-9-16-10-8-15-14(16)13(17)11-18-12-6-4-3-5-7-12/h8,10,12-13,17H,2-7,9,11H2,1H3. The Morgan fingerprint density at radius 2 is 2.22 bits per heavy atom. The van der Waals surface area contributed by atoms with Crippen molar-refractivity contribution in [3.05, 3.63) is 18.2 Å². The molecular formula is C14H24N2OS. The third-order valence-corrected chi connectivity index (χ3v) is 5.00. The zero-order valence-corrected chi connectivity index (χ0v) is 12.0. The van der Waals surface area contributed by atoms with Crippen LogP contribution in [0.2, 0.25) is 0 Å². The van der Waals surface area contributed by atoms with E-state index in [4.69, 9.17) is 0 Å². The van der Waals surface area contributed by atoms with E-state index < -0.39 is 6.10 Å². The Morgan fingerprint density at radius 1 is 1.44 bits per heavy atom. The fourth-order valence-electron chi connectivity index (χ4n) is 2.58. The molecule has 0 bridgehead atoms. The van der Waals surface area contributed by atoms with Gasteiger partial charge >= 0.3 is 0 Å². The number of aliphatic hydroxyl groups is 1. The van der Waals surface area contributed by atoms with Gasteiger partial charge in [-0.25, -0.2) is 4.98 Å². The quantitative estimate of drug-likeness (QED) is 0.859. The van der Waals surface area contributed by atoms with Gasteiger partial charge in [0, 0.05) is 29.9 Å². The molecular weight excluding hydrogens is 244 g/mol. The summed E-state index contributed by atoms with van der Waals surface area (Å²) < 4.78 is 2.08. The number of rotatable bonds is 6. The minimum absolute atomic E-state index is 0.418. The van der Waals surface area contributed by atoms with Crippen LogP contribution in [0.3, 0.4) is 0 Å². The maximum atomic E-state index is 10.2. The molecule has 1 aromatic rings. The van der Waals surface area contributed by atoms with E-state index in [-0.39, 0.29) is 0 Å². The van der Waals surface area contributed by atoms with E-state index in [0.29, 0.717) is 0 Å². The van der Waals surface area contributed by atoms with E-state index in [2.05, 4.69) is 16.5 Å². The van der Waals surface area contributed by atoms with Crippen molar-refractivity contribution in [1.29, 1.82) is 0 Å². The van der Waals surface area contributed by atoms with Crippen molar-refractivity contribution in [3.63, 3.8) is 0 Å². The predicted octanol–water partition coefficient (Wildman–Crippen LogP) is 3.39. The largest absolute Gasteiger partial charge is 0.384 e.